The summed E-state index contributed by atoms with van der Waals surface area (Å²) in [6.07, 6.45) is 4.76. The molecule has 0 aliphatic heterocycles. The number of hydrogen-bond donors (Lipinski definition) is 2. The van der Waals surface area contributed by atoms with Gasteiger partial charge in [0, 0.05) is 6.04 Å². The number of hydrogen-bond acceptors (Lipinski definition) is 5. The lowest BCUT2D eigenvalue weighted by Crippen LogP contribution is -2.29. The normalized spacial score (nSPS) is 21.5. The van der Waals surface area contributed by atoms with Gasteiger partial charge in [-0.25, -0.2) is 0 Å². The summed E-state index contributed by atoms with van der Waals surface area (Å²) in [5, 5.41) is 10.6. The van der Waals surface area contributed by atoms with E-state index in [1.165, 1.54) is 12.8 Å². The van der Waals surface area contributed by atoms with Crippen molar-refractivity contribution >= 4 is 12.0 Å². The molecular weight excluding hydrogens is 192 g/mol. The highest BCUT2D eigenvalue weighted by atomic mass is 16.4. The highest BCUT2D eigenvalue weighted by molar-refractivity contribution is 5.24. The van der Waals surface area contributed by atoms with Crippen molar-refractivity contribution in [3.8, 4) is 0 Å². The minimum atomic E-state index is 0.119. The maximum absolute atomic E-state index is 5.35. The van der Waals surface area contributed by atoms with Crippen molar-refractivity contribution in [3.63, 3.8) is 0 Å². The topological polar surface area (TPSA) is 77.0 Å². The largest absolute Gasteiger partial charge is 0.390 e. The average Bonchev–Trinajstić information content (AvgIpc) is 2.55. The molecule has 1 aromatic heterocycles. The van der Waals surface area contributed by atoms with Gasteiger partial charge in [0.15, 0.2) is 0 Å². The Morgan fingerprint density at radius 1 is 1.33 bits per heavy atom. The first-order chi connectivity index (χ1) is 7.05. The SMILES string of the molecule is CC1(C)CCC(Nc2nnc(N)o2)CC1. The Morgan fingerprint density at radius 3 is 2.53 bits per heavy atom. The quantitative estimate of drug-likeness (QED) is 0.781. The van der Waals surface area contributed by atoms with E-state index in [9.17, 15) is 0 Å². The van der Waals surface area contributed by atoms with Crippen molar-refractivity contribution in [1.29, 1.82) is 0 Å². The van der Waals surface area contributed by atoms with E-state index in [1.54, 1.807) is 0 Å². The van der Waals surface area contributed by atoms with Crippen molar-refractivity contribution < 1.29 is 4.42 Å². The van der Waals surface area contributed by atoms with E-state index in [0.29, 0.717) is 17.5 Å². The Kier molecular flexibility index (Phi) is 2.54. The van der Waals surface area contributed by atoms with Crippen molar-refractivity contribution in [3.05, 3.63) is 0 Å². The first kappa shape index (κ1) is 10.3. The highest BCUT2D eigenvalue weighted by Crippen LogP contribution is 2.35. The van der Waals surface area contributed by atoms with Crippen LogP contribution in [0.15, 0.2) is 4.42 Å². The van der Waals surface area contributed by atoms with Crippen LogP contribution >= 0.6 is 0 Å². The zero-order valence-corrected chi connectivity index (χ0v) is 9.29. The monoisotopic (exact) mass is 210 g/mol. The number of nitrogens with zero attached hydrogens (tertiary/aromatic N) is 2. The fraction of sp³-hybridized carbons (Fsp3) is 0.800. The van der Waals surface area contributed by atoms with Gasteiger partial charge in [-0.1, -0.05) is 24.0 Å². The molecule has 15 heavy (non-hydrogen) atoms. The number of nitrogen functional groups attached to an aromatic ring is 1. The van der Waals surface area contributed by atoms with Crippen LogP contribution in [0.2, 0.25) is 0 Å². The van der Waals surface area contributed by atoms with Crippen LogP contribution < -0.4 is 11.1 Å². The molecule has 2 rings (SSSR count). The fourth-order valence-corrected chi connectivity index (χ4v) is 2.01. The minimum Gasteiger partial charge on any atom is -0.390 e. The molecule has 84 valence electrons. The Balaban J connectivity index is 1.87. The van der Waals surface area contributed by atoms with Gasteiger partial charge >= 0.3 is 12.0 Å². The summed E-state index contributed by atoms with van der Waals surface area (Å²) < 4.78 is 5.08. The van der Waals surface area contributed by atoms with Gasteiger partial charge in [0.25, 0.3) is 0 Å². The van der Waals surface area contributed by atoms with E-state index in [4.69, 9.17) is 10.2 Å². The molecule has 0 radical (unpaired) electrons. The molecule has 0 atom stereocenters. The Morgan fingerprint density at radius 2 is 2.00 bits per heavy atom. The second-order valence-electron chi connectivity index (χ2n) is 5.03. The van der Waals surface area contributed by atoms with Crippen molar-refractivity contribution in [2.24, 2.45) is 5.41 Å². The summed E-state index contributed by atoms with van der Waals surface area (Å²) in [5.74, 6) is 0. The van der Waals surface area contributed by atoms with E-state index in [-0.39, 0.29) is 6.01 Å². The average molecular weight is 210 g/mol. The standard InChI is InChI=1S/C10H18N4O/c1-10(2)5-3-7(4-6-10)12-9-14-13-8(11)15-9/h7H,3-6H2,1-2H3,(H2,11,13)(H,12,14). The second kappa shape index (κ2) is 3.72. The van der Waals surface area contributed by atoms with E-state index in [1.807, 2.05) is 0 Å². The molecule has 1 fully saturated rings. The Labute approximate surface area is 89.4 Å². The van der Waals surface area contributed by atoms with E-state index in [0.717, 1.165) is 12.8 Å². The van der Waals surface area contributed by atoms with E-state index in [2.05, 4.69) is 29.4 Å². The maximum Gasteiger partial charge on any atom is 0.317 e. The van der Waals surface area contributed by atoms with Crippen LogP contribution in [0.4, 0.5) is 12.0 Å². The molecule has 1 aliphatic rings. The predicted octanol–water partition coefficient (Wildman–Crippen LogP) is 2.03. The van der Waals surface area contributed by atoms with Crippen LogP contribution in [0, 0.1) is 5.41 Å². The van der Waals surface area contributed by atoms with Gasteiger partial charge in [-0.3, -0.25) is 0 Å². The highest BCUT2D eigenvalue weighted by Gasteiger charge is 2.27. The smallest absolute Gasteiger partial charge is 0.317 e. The van der Waals surface area contributed by atoms with Crippen LogP contribution in [0.25, 0.3) is 0 Å². The number of nitrogens with two attached hydrogens (primary N) is 1. The van der Waals surface area contributed by atoms with Crippen LogP contribution in [0.1, 0.15) is 39.5 Å². The third kappa shape index (κ3) is 2.61. The van der Waals surface area contributed by atoms with E-state index < -0.39 is 0 Å². The summed E-state index contributed by atoms with van der Waals surface area (Å²) in [6.45, 7) is 4.63. The van der Waals surface area contributed by atoms with Gasteiger partial charge in [-0.2, -0.15) is 0 Å². The molecule has 0 unspecified atom stereocenters. The lowest BCUT2D eigenvalue weighted by molar-refractivity contribution is 0.231. The first-order valence-electron chi connectivity index (χ1n) is 5.41. The number of anilines is 2. The molecule has 1 aliphatic carbocycles. The van der Waals surface area contributed by atoms with Gasteiger partial charge in [-0.05, 0) is 31.1 Å². The third-order valence-corrected chi connectivity index (χ3v) is 3.11. The maximum atomic E-state index is 5.35. The molecule has 3 N–H and O–H groups in total. The Bertz CT molecular complexity index is 324. The zero-order chi connectivity index (χ0) is 10.9. The minimum absolute atomic E-state index is 0.119. The summed E-state index contributed by atoms with van der Waals surface area (Å²) in [4.78, 5) is 0. The van der Waals surface area contributed by atoms with Gasteiger partial charge < -0.3 is 15.5 Å². The number of rotatable bonds is 2. The molecule has 1 saturated carbocycles. The van der Waals surface area contributed by atoms with Crippen molar-refractivity contribution in [2.45, 2.75) is 45.6 Å². The van der Waals surface area contributed by atoms with Gasteiger partial charge in [0.1, 0.15) is 0 Å². The summed E-state index contributed by atoms with van der Waals surface area (Å²) >= 11 is 0. The van der Waals surface area contributed by atoms with Crippen LogP contribution in [-0.4, -0.2) is 16.2 Å². The third-order valence-electron chi connectivity index (χ3n) is 3.11. The molecule has 0 saturated heterocycles. The van der Waals surface area contributed by atoms with Crippen molar-refractivity contribution in [2.75, 3.05) is 11.1 Å². The summed E-state index contributed by atoms with van der Waals surface area (Å²) in [6, 6.07) is 1.00. The van der Waals surface area contributed by atoms with Gasteiger partial charge in [0.05, 0.1) is 0 Å². The van der Waals surface area contributed by atoms with Crippen LogP contribution in [0.3, 0.4) is 0 Å². The molecule has 0 spiro atoms. The summed E-state index contributed by atoms with van der Waals surface area (Å²) in [7, 11) is 0. The molecule has 5 nitrogen and oxygen atoms in total. The molecule has 0 aromatic carbocycles. The number of nitrogens with one attached hydrogen (secondary N) is 1. The molecule has 0 amide bonds. The van der Waals surface area contributed by atoms with E-state index >= 15 is 0 Å². The number of aromatic nitrogens is 2. The Hall–Kier alpha value is -1.26. The van der Waals surface area contributed by atoms with Crippen LogP contribution in [-0.2, 0) is 0 Å². The molecule has 1 aromatic rings. The molecule has 5 heteroatoms. The zero-order valence-electron chi connectivity index (χ0n) is 9.29. The van der Waals surface area contributed by atoms with Crippen LogP contribution in [0.5, 0.6) is 0 Å². The molecule has 1 heterocycles. The van der Waals surface area contributed by atoms with Gasteiger partial charge in [-0.15, -0.1) is 0 Å². The van der Waals surface area contributed by atoms with Crippen molar-refractivity contribution in [1.82, 2.24) is 10.2 Å². The van der Waals surface area contributed by atoms with Gasteiger partial charge in [0.2, 0.25) is 0 Å². The second-order valence-corrected chi connectivity index (χ2v) is 5.03. The lowest BCUT2D eigenvalue weighted by atomic mass is 9.76. The predicted molar refractivity (Wildman–Crippen MR) is 58.4 cm³/mol. The molecule has 0 bridgehead atoms. The summed E-state index contributed by atoms with van der Waals surface area (Å²) in [5.41, 5.74) is 5.82. The molecular formula is C10H18N4O. The first-order valence-corrected chi connectivity index (χ1v) is 5.41. The fourth-order valence-electron chi connectivity index (χ4n) is 2.01. The lowest BCUT2D eigenvalue weighted by Gasteiger charge is -2.34.